The number of rotatable bonds is 1. The van der Waals surface area contributed by atoms with E-state index in [0.29, 0.717) is 16.9 Å². The number of hydrogen-bond donors (Lipinski definition) is 2. The number of nitrogens with one attached hydrogen (secondary N) is 1. The van der Waals surface area contributed by atoms with Gasteiger partial charge in [0.2, 0.25) is 0 Å². The molecule has 0 atom stereocenters. The SMILES string of the molecule is Cc1ccc(-c2nc3ccc(C(F)(F)F)cc3[nH]2)c(O)c1. The van der Waals surface area contributed by atoms with E-state index in [9.17, 15) is 18.3 Å². The Morgan fingerprint density at radius 3 is 2.52 bits per heavy atom. The Balaban J connectivity index is 2.13. The second-order valence-electron chi connectivity index (χ2n) is 4.84. The number of aromatic amines is 1. The number of phenols is 1. The van der Waals surface area contributed by atoms with Crippen LogP contribution in [0.4, 0.5) is 13.2 Å². The summed E-state index contributed by atoms with van der Waals surface area (Å²) in [6, 6.07) is 8.35. The van der Waals surface area contributed by atoms with Crippen LogP contribution >= 0.6 is 0 Å². The number of H-pyrrole nitrogens is 1. The predicted octanol–water partition coefficient (Wildman–Crippen LogP) is 4.26. The van der Waals surface area contributed by atoms with Gasteiger partial charge in [-0.05, 0) is 42.8 Å². The molecule has 1 heterocycles. The third kappa shape index (κ3) is 2.44. The first kappa shape index (κ1) is 13.5. The number of phenolic OH excluding ortho intramolecular Hbond substituents is 1. The number of nitrogens with zero attached hydrogens (tertiary/aromatic N) is 1. The Kier molecular flexibility index (Phi) is 2.90. The van der Waals surface area contributed by atoms with Crippen LogP contribution in [0.3, 0.4) is 0 Å². The summed E-state index contributed by atoms with van der Waals surface area (Å²) in [6.07, 6.45) is -4.40. The lowest BCUT2D eigenvalue weighted by atomic mass is 10.1. The Hall–Kier alpha value is -2.50. The fourth-order valence-corrected chi connectivity index (χ4v) is 2.16. The van der Waals surface area contributed by atoms with Crippen molar-refractivity contribution < 1.29 is 18.3 Å². The van der Waals surface area contributed by atoms with Gasteiger partial charge in [-0.25, -0.2) is 4.98 Å². The first-order chi connectivity index (χ1) is 9.84. The number of benzene rings is 2. The molecule has 0 unspecified atom stereocenters. The summed E-state index contributed by atoms with van der Waals surface area (Å²) in [5, 5.41) is 9.91. The van der Waals surface area contributed by atoms with Crippen molar-refractivity contribution in [1.82, 2.24) is 9.97 Å². The first-order valence-electron chi connectivity index (χ1n) is 6.21. The van der Waals surface area contributed by atoms with Crippen LogP contribution in [0.2, 0.25) is 0 Å². The van der Waals surface area contributed by atoms with Gasteiger partial charge in [0, 0.05) is 0 Å². The van der Waals surface area contributed by atoms with Gasteiger partial charge in [0.05, 0.1) is 22.2 Å². The van der Waals surface area contributed by atoms with Crippen molar-refractivity contribution in [2.24, 2.45) is 0 Å². The van der Waals surface area contributed by atoms with Gasteiger partial charge in [-0.2, -0.15) is 13.2 Å². The van der Waals surface area contributed by atoms with E-state index in [-0.39, 0.29) is 11.3 Å². The smallest absolute Gasteiger partial charge is 0.416 e. The molecule has 0 saturated heterocycles. The maximum atomic E-state index is 12.7. The van der Waals surface area contributed by atoms with E-state index >= 15 is 0 Å². The molecule has 2 N–H and O–H groups in total. The maximum absolute atomic E-state index is 12.7. The molecule has 0 saturated carbocycles. The number of aryl methyl sites for hydroxylation is 1. The standard InChI is InChI=1S/C15H11F3N2O/c1-8-2-4-10(13(21)6-8)14-19-11-5-3-9(15(16,17)18)7-12(11)20-14/h2-7,21H,1H3,(H,19,20). The highest BCUT2D eigenvalue weighted by Crippen LogP contribution is 2.33. The second kappa shape index (κ2) is 4.51. The number of hydrogen-bond acceptors (Lipinski definition) is 2. The van der Waals surface area contributed by atoms with Gasteiger partial charge in [0.25, 0.3) is 0 Å². The van der Waals surface area contributed by atoms with Crippen LogP contribution < -0.4 is 0 Å². The monoisotopic (exact) mass is 292 g/mol. The van der Waals surface area contributed by atoms with Crippen molar-refractivity contribution >= 4 is 11.0 Å². The molecule has 0 bridgehead atoms. The zero-order valence-electron chi connectivity index (χ0n) is 11.0. The lowest BCUT2D eigenvalue weighted by Gasteiger charge is -2.05. The van der Waals surface area contributed by atoms with Crippen LogP contribution in [0.1, 0.15) is 11.1 Å². The minimum atomic E-state index is -4.40. The van der Waals surface area contributed by atoms with Gasteiger partial charge >= 0.3 is 6.18 Å². The van der Waals surface area contributed by atoms with Crippen LogP contribution in [0.25, 0.3) is 22.4 Å². The lowest BCUT2D eigenvalue weighted by molar-refractivity contribution is -0.137. The number of alkyl halides is 3. The van der Waals surface area contributed by atoms with Crippen molar-refractivity contribution in [3.8, 4) is 17.1 Å². The number of imidazole rings is 1. The highest BCUT2D eigenvalue weighted by molar-refractivity contribution is 5.81. The molecule has 3 rings (SSSR count). The molecule has 1 aromatic heterocycles. The summed E-state index contributed by atoms with van der Waals surface area (Å²) in [7, 11) is 0. The van der Waals surface area contributed by atoms with E-state index in [1.807, 2.05) is 6.92 Å². The van der Waals surface area contributed by atoms with Gasteiger partial charge in [0.1, 0.15) is 11.6 Å². The minimum absolute atomic E-state index is 0.0325. The first-order valence-corrected chi connectivity index (χ1v) is 6.21. The van der Waals surface area contributed by atoms with Crippen molar-refractivity contribution in [2.45, 2.75) is 13.1 Å². The Labute approximate surface area is 118 Å². The van der Waals surface area contributed by atoms with Crippen molar-refractivity contribution in [3.63, 3.8) is 0 Å². The fourth-order valence-electron chi connectivity index (χ4n) is 2.16. The maximum Gasteiger partial charge on any atom is 0.416 e. The highest BCUT2D eigenvalue weighted by atomic mass is 19.4. The summed E-state index contributed by atoms with van der Waals surface area (Å²) < 4.78 is 38.0. The van der Waals surface area contributed by atoms with Gasteiger partial charge in [-0.1, -0.05) is 6.07 Å². The summed E-state index contributed by atoms with van der Waals surface area (Å²) >= 11 is 0. The van der Waals surface area contributed by atoms with Crippen molar-refractivity contribution in [1.29, 1.82) is 0 Å². The molecule has 0 aliphatic rings. The number of aromatic nitrogens is 2. The van der Waals surface area contributed by atoms with Gasteiger partial charge in [-0.3, -0.25) is 0 Å². The molecule has 0 spiro atoms. The minimum Gasteiger partial charge on any atom is -0.507 e. The predicted molar refractivity (Wildman–Crippen MR) is 72.9 cm³/mol. The van der Waals surface area contributed by atoms with Gasteiger partial charge in [-0.15, -0.1) is 0 Å². The summed E-state index contributed by atoms with van der Waals surface area (Å²) in [6.45, 7) is 1.83. The van der Waals surface area contributed by atoms with Crippen LogP contribution in [-0.2, 0) is 6.18 Å². The molecular weight excluding hydrogens is 281 g/mol. The van der Waals surface area contributed by atoms with Crippen molar-refractivity contribution in [2.75, 3.05) is 0 Å². The lowest BCUT2D eigenvalue weighted by Crippen LogP contribution is -2.04. The molecule has 0 radical (unpaired) electrons. The largest absolute Gasteiger partial charge is 0.507 e. The molecular formula is C15H11F3N2O. The van der Waals surface area contributed by atoms with Crippen LogP contribution in [0.5, 0.6) is 5.75 Å². The van der Waals surface area contributed by atoms with Crippen molar-refractivity contribution in [3.05, 3.63) is 47.5 Å². The number of halogens is 3. The molecule has 2 aromatic carbocycles. The zero-order chi connectivity index (χ0) is 15.2. The summed E-state index contributed by atoms with van der Waals surface area (Å²) in [5.41, 5.74) is 1.29. The Morgan fingerprint density at radius 2 is 1.86 bits per heavy atom. The van der Waals surface area contributed by atoms with E-state index in [1.54, 1.807) is 18.2 Å². The van der Waals surface area contributed by atoms with Crippen LogP contribution in [0, 0.1) is 6.92 Å². The third-order valence-corrected chi connectivity index (χ3v) is 3.22. The van der Waals surface area contributed by atoms with E-state index in [4.69, 9.17) is 0 Å². The van der Waals surface area contributed by atoms with E-state index in [1.165, 1.54) is 6.07 Å². The molecule has 3 nitrogen and oxygen atoms in total. The van der Waals surface area contributed by atoms with E-state index in [0.717, 1.165) is 17.7 Å². The molecule has 0 amide bonds. The normalized spacial score (nSPS) is 12.0. The quantitative estimate of drug-likeness (QED) is 0.704. The molecule has 0 aliphatic heterocycles. The Morgan fingerprint density at radius 1 is 1.10 bits per heavy atom. The van der Waals surface area contributed by atoms with Crippen LogP contribution in [-0.4, -0.2) is 15.1 Å². The molecule has 21 heavy (non-hydrogen) atoms. The highest BCUT2D eigenvalue weighted by Gasteiger charge is 2.30. The van der Waals surface area contributed by atoms with E-state index < -0.39 is 11.7 Å². The molecule has 108 valence electrons. The van der Waals surface area contributed by atoms with Gasteiger partial charge in [0.15, 0.2) is 0 Å². The topological polar surface area (TPSA) is 48.9 Å². The summed E-state index contributed by atoms with van der Waals surface area (Å²) in [4.78, 5) is 7.03. The average Bonchev–Trinajstić information content (AvgIpc) is 2.79. The molecule has 6 heteroatoms. The number of fused-ring (bicyclic) bond motifs is 1. The fraction of sp³-hybridized carbons (Fsp3) is 0.133. The van der Waals surface area contributed by atoms with E-state index in [2.05, 4.69) is 9.97 Å². The summed E-state index contributed by atoms with van der Waals surface area (Å²) in [5.74, 6) is 0.368. The average molecular weight is 292 g/mol. The molecule has 0 aliphatic carbocycles. The Bertz CT molecular complexity index is 821. The molecule has 3 aromatic rings. The van der Waals surface area contributed by atoms with Gasteiger partial charge < -0.3 is 10.1 Å². The zero-order valence-corrected chi connectivity index (χ0v) is 11.0. The number of aromatic hydroxyl groups is 1. The second-order valence-corrected chi connectivity index (χ2v) is 4.84. The molecule has 0 fully saturated rings. The third-order valence-electron chi connectivity index (χ3n) is 3.22. The van der Waals surface area contributed by atoms with Crippen LogP contribution in [0.15, 0.2) is 36.4 Å².